The van der Waals surface area contributed by atoms with Gasteiger partial charge in [-0.2, -0.15) is 0 Å². The van der Waals surface area contributed by atoms with Crippen LogP contribution < -0.4 is 10.1 Å². The van der Waals surface area contributed by atoms with Gasteiger partial charge in [-0.25, -0.2) is 0 Å². The first-order valence-corrected chi connectivity index (χ1v) is 9.68. The molecule has 25 heavy (non-hydrogen) atoms. The summed E-state index contributed by atoms with van der Waals surface area (Å²) in [5.41, 5.74) is 1.24. The Morgan fingerprint density at radius 2 is 2.04 bits per heavy atom. The number of hydrogen-bond donors (Lipinski definition) is 1. The van der Waals surface area contributed by atoms with E-state index in [1.165, 1.54) is 18.4 Å². The molecule has 0 aromatic heterocycles. The van der Waals surface area contributed by atoms with Crippen molar-refractivity contribution in [3.63, 3.8) is 0 Å². The van der Waals surface area contributed by atoms with E-state index in [1.54, 1.807) is 7.11 Å². The Bertz CT molecular complexity index is 523. The van der Waals surface area contributed by atoms with E-state index in [2.05, 4.69) is 38.2 Å². The number of amides is 1. The quantitative estimate of drug-likeness (QED) is 0.783. The number of carbonyl (C=O) groups is 1. The lowest BCUT2D eigenvalue weighted by atomic mass is 9.85. The summed E-state index contributed by atoms with van der Waals surface area (Å²) in [6.07, 6.45) is 4.01. The first-order chi connectivity index (χ1) is 12.0. The number of ether oxygens (including phenoxy) is 1. The number of nitrogens with one attached hydrogen (secondary N) is 1. The summed E-state index contributed by atoms with van der Waals surface area (Å²) in [7, 11) is 1.68. The van der Waals surface area contributed by atoms with E-state index in [1.807, 2.05) is 17.0 Å². The second-order valence-corrected chi connectivity index (χ2v) is 7.37. The molecule has 3 unspecified atom stereocenters. The van der Waals surface area contributed by atoms with Crippen LogP contribution in [0.5, 0.6) is 5.75 Å². The Morgan fingerprint density at radius 1 is 1.32 bits per heavy atom. The lowest BCUT2D eigenvalue weighted by Gasteiger charge is -2.32. The lowest BCUT2D eigenvalue weighted by Crippen LogP contribution is -2.42. The van der Waals surface area contributed by atoms with Gasteiger partial charge in [-0.1, -0.05) is 19.1 Å². The molecule has 4 nitrogen and oxygen atoms in total. The van der Waals surface area contributed by atoms with Gasteiger partial charge < -0.3 is 15.0 Å². The van der Waals surface area contributed by atoms with Crippen LogP contribution in [0.2, 0.25) is 0 Å². The monoisotopic (exact) mass is 346 g/mol. The molecule has 1 N–H and O–H groups in total. The third kappa shape index (κ3) is 5.74. The number of benzene rings is 1. The lowest BCUT2D eigenvalue weighted by molar-refractivity contribution is -0.134. The molecule has 3 atom stereocenters. The third-order valence-corrected chi connectivity index (χ3v) is 5.52. The molecule has 4 heteroatoms. The van der Waals surface area contributed by atoms with Crippen molar-refractivity contribution in [3.8, 4) is 5.75 Å². The van der Waals surface area contributed by atoms with Crippen LogP contribution in [0, 0.1) is 11.8 Å². The van der Waals surface area contributed by atoms with Gasteiger partial charge in [-0.05, 0) is 75.7 Å². The molecule has 140 valence electrons. The number of likely N-dealkylation sites (N-methyl/N-ethyl adjacent to an activating group) is 1. The van der Waals surface area contributed by atoms with Crippen LogP contribution in [0.3, 0.4) is 0 Å². The van der Waals surface area contributed by atoms with Gasteiger partial charge >= 0.3 is 0 Å². The van der Waals surface area contributed by atoms with Gasteiger partial charge in [0.1, 0.15) is 5.75 Å². The fraction of sp³-hybridized carbons (Fsp3) is 0.667. The maximum absolute atomic E-state index is 12.8. The van der Waals surface area contributed by atoms with Crippen molar-refractivity contribution in [2.45, 2.75) is 52.5 Å². The van der Waals surface area contributed by atoms with Crippen molar-refractivity contribution in [1.29, 1.82) is 0 Å². The van der Waals surface area contributed by atoms with Crippen LogP contribution >= 0.6 is 0 Å². The highest BCUT2D eigenvalue weighted by molar-refractivity contribution is 5.76. The first-order valence-electron chi connectivity index (χ1n) is 9.68. The number of piperidine rings is 1. The molecule has 1 fully saturated rings. The van der Waals surface area contributed by atoms with Crippen molar-refractivity contribution >= 4 is 5.91 Å². The van der Waals surface area contributed by atoms with Gasteiger partial charge in [0.15, 0.2) is 0 Å². The van der Waals surface area contributed by atoms with Gasteiger partial charge in [0.05, 0.1) is 7.11 Å². The van der Waals surface area contributed by atoms with Gasteiger partial charge in [0.25, 0.3) is 0 Å². The average Bonchev–Trinajstić information content (AvgIpc) is 2.63. The number of hydrogen-bond acceptors (Lipinski definition) is 3. The van der Waals surface area contributed by atoms with Gasteiger partial charge in [0, 0.05) is 19.0 Å². The molecule has 1 aromatic carbocycles. The van der Waals surface area contributed by atoms with Crippen molar-refractivity contribution in [2.75, 3.05) is 26.7 Å². The largest absolute Gasteiger partial charge is 0.497 e. The van der Waals surface area contributed by atoms with Crippen molar-refractivity contribution in [3.05, 3.63) is 29.8 Å². The predicted octanol–water partition coefficient (Wildman–Crippen LogP) is 3.50. The summed E-state index contributed by atoms with van der Waals surface area (Å²) >= 11 is 0. The summed E-state index contributed by atoms with van der Waals surface area (Å²) in [5, 5.41) is 3.46. The van der Waals surface area contributed by atoms with Crippen LogP contribution in [0.25, 0.3) is 0 Å². The maximum Gasteiger partial charge on any atom is 0.223 e. The molecule has 1 aliphatic rings. The zero-order chi connectivity index (χ0) is 18.2. The number of rotatable bonds is 8. The Labute approximate surface area is 152 Å². The average molecular weight is 347 g/mol. The Balaban J connectivity index is 1.90. The van der Waals surface area contributed by atoms with Crippen LogP contribution in [0.4, 0.5) is 0 Å². The molecule has 1 aromatic rings. The highest BCUT2D eigenvalue weighted by Gasteiger charge is 2.25. The van der Waals surface area contributed by atoms with Crippen molar-refractivity contribution in [1.82, 2.24) is 10.2 Å². The summed E-state index contributed by atoms with van der Waals surface area (Å²) in [6, 6.07) is 8.35. The van der Waals surface area contributed by atoms with E-state index < -0.39 is 0 Å². The Hall–Kier alpha value is -1.55. The minimum atomic E-state index is 0.211. The molecule has 1 aliphatic heterocycles. The molecule has 0 bridgehead atoms. The second-order valence-electron chi connectivity index (χ2n) is 7.37. The van der Waals surface area contributed by atoms with Gasteiger partial charge in [-0.15, -0.1) is 0 Å². The van der Waals surface area contributed by atoms with Crippen LogP contribution in [-0.4, -0.2) is 43.6 Å². The molecule has 0 radical (unpaired) electrons. The molecule has 0 saturated carbocycles. The predicted molar refractivity (Wildman–Crippen MR) is 103 cm³/mol. The molecule has 0 spiro atoms. The maximum atomic E-state index is 12.8. The van der Waals surface area contributed by atoms with Crippen LogP contribution in [0.1, 0.15) is 45.6 Å². The fourth-order valence-electron chi connectivity index (χ4n) is 3.87. The van der Waals surface area contributed by atoms with Gasteiger partial charge in [0.2, 0.25) is 5.91 Å². The molecule has 1 saturated heterocycles. The molecular weight excluding hydrogens is 312 g/mol. The van der Waals surface area contributed by atoms with Crippen molar-refractivity contribution in [2.24, 2.45) is 11.8 Å². The summed E-state index contributed by atoms with van der Waals surface area (Å²) in [5.74, 6) is 2.24. The first kappa shape index (κ1) is 19.8. The summed E-state index contributed by atoms with van der Waals surface area (Å²) in [6.45, 7) is 9.41. The smallest absolute Gasteiger partial charge is 0.223 e. The zero-order valence-electron chi connectivity index (χ0n) is 16.3. The van der Waals surface area contributed by atoms with Crippen LogP contribution in [-0.2, 0) is 11.2 Å². The minimum Gasteiger partial charge on any atom is -0.497 e. The highest BCUT2D eigenvalue weighted by Crippen LogP contribution is 2.24. The number of carbonyl (C=O) groups excluding carboxylic acids is 1. The molecule has 2 rings (SSSR count). The number of nitrogens with zero attached hydrogens (tertiary/aromatic N) is 1. The van der Waals surface area contributed by atoms with E-state index >= 15 is 0 Å². The SMILES string of the molecule is CCN(C(=O)CC(C)C1CCCNC1)C(C)Cc1ccc(OC)cc1. The zero-order valence-corrected chi connectivity index (χ0v) is 16.3. The van der Waals surface area contributed by atoms with E-state index in [4.69, 9.17) is 4.74 Å². The fourth-order valence-corrected chi connectivity index (χ4v) is 3.87. The highest BCUT2D eigenvalue weighted by atomic mass is 16.5. The number of methoxy groups -OCH3 is 1. The Morgan fingerprint density at radius 3 is 2.60 bits per heavy atom. The van der Waals surface area contributed by atoms with E-state index in [-0.39, 0.29) is 6.04 Å². The minimum absolute atomic E-state index is 0.211. The topological polar surface area (TPSA) is 41.6 Å². The molecule has 1 heterocycles. The second kappa shape index (κ2) is 9.81. The Kier molecular flexibility index (Phi) is 7.76. The molecule has 0 aliphatic carbocycles. The van der Waals surface area contributed by atoms with E-state index in [0.29, 0.717) is 24.2 Å². The van der Waals surface area contributed by atoms with Crippen molar-refractivity contribution < 1.29 is 9.53 Å². The standard InChI is InChI=1S/C21H34N2O2/c1-5-23(17(3)14-18-8-10-20(25-4)11-9-18)21(24)13-16(2)19-7-6-12-22-15-19/h8-11,16-17,19,22H,5-7,12-15H2,1-4H3. The van der Waals surface area contributed by atoms with E-state index in [0.717, 1.165) is 31.8 Å². The summed E-state index contributed by atoms with van der Waals surface area (Å²) in [4.78, 5) is 14.9. The van der Waals surface area contributed by atoms with E-state index in [9.17, 15) is 4.79 Å². The third-order valence-electron chi connectivity index (χ3n) is 5.52. The molecular formula is C21H34N2O2. The normalized spacial score (nSPS) is 19.9. The summed E-state index contributed by atoms with van der Waals surface area (Å²) < 4.78 is 5.21. The van der Waals surface area contributed by atoms with Gasteiger partial charge in [-0.3, -0.25) is 4.79 Å². The van der Waals surface area contributed by atoms with Crippen LogP contribution in [0.15, 0.2) is 24.3 Å². The molecule has 1 amide bonds.